The SMILES string of the molecule is CN(Cc1cc2c(Cl)c[nH]c2cc1F)C(=O)c1ccnc(Cc2ccc(Cc3cncnc3)cc2)c1. The van der Waals surface area contributed by atoms with Crippen LogP contribution in [-0.2, 0) is 19.4 Å². The molecule has 0 aliphatic rings. The number of aromatic amines is 1. The second-order valence-electron chi connectivity index (χ2n) is 8.74. The molecule has 0 fully saturated rings. The van der Waals surface area contributed by atoms with Crippen molar-refractivity contribution in [3.63, 3.8) is 0 Å². The Labute approximate surface area is 212 Å². The summed E-state index contributed by atoms with van der Waals surface area (Å²) in [7, 11) is 1.65. The van der Waals surface area contributed by atoms with E-state index in [0.29, 0.717) is 28.1 Å². The van der Waals surface area contributed by atoms with Crippen molar-refractivity contribution >= 4 is 28.4 Å². The molecule has 0 unspecified atom stereocenters. The highest BCUT2D eigenvalue weighted by molar-refractivity contribution is 6.35. The Balaban J connectivity index is 1.26. The van der Waals surface area contributed by atoms with Crippen molar-refractivity contribution in [3.8, 4) is 0 Å². The first-order chi connectivity index (χ1) is 17.5. The molecule has 0 atom stereocenters. The van der Waals surface area contributed by atoms with Crippen LogP contribution in [0.1, 0.15) is 38.3 Å². The first kappa shape index (κ1) is 23.6. The van der Waals surface area contributed by atoms with Crippen molar-refractivity contribution in [2.45, 2.75) is 19.4 Å². The number of benzene rings is 2. The molecule has 6 nitrogen and oxygen atoms in total. The number of hydrogen-bond acceptors (Lipinski definition) is 4. The van der Waals surface area contributed by atoms with Gasteiger partial charge < -0.3 is 9.88 Å². The molecular formula is C28H23ClFN5O. The number of aromatic nitrogens is 4. The molecule has 1 N–H and O–H groups in total. The maximum absolute atomic E-state index is 14.6. The fourth-order valence-electron chi connectivity index (χ4n) is 4.17. The minimum absolute atomic E-state index is 0.119. The quantitative estimate of drug-likeness (QED) is 0.316. The Kier molecular flexibility index (Phi) is 6.73. The number of carbonyl (C=O) groups excluding carboxylic acids is 1. The van der Waals surface area contributed by atoms with Gasteiger partial charge in [0.1, 0.15) is 12.1 Å². The summed E-state index contributed by atoms with van der Waals surface area (Å²) in [5, 5.41) is 1.24. The molecule has 2 aromatic carbocycles. The van der Waals surface area contributed by atoms with Crippen molar-refractivity contribution in [1.29, 1.82) is 0 Å². The molecule has 8 heteroatoms. The van der Waals surface area contributed by atoms with E-state index in [9.17, 15) is 9.18 Å². The summed E-state index contributed by atoms with van der Waals surface area (Å²) in [4.78, 5) is 30.1. The number of amides is 1. The minimum Gasteiger partial charge on any atom is -0.360 e. The number of rotatable bonds is 7. The standard InChI is InChI=1S/C28H23ClFN5O/c1-35(16-22-11-24-25(29)15-34-27(24)12-26(22)30)28(36)21-6-7-33-23(10-21)9-19-4-2-18(3-5-19)8-20-13-31-17-32-14-20/h2-7,10-15,17,34H,8-9,16H2,1H3. The van der Waals surface area contributed by atoms with E-state index >= 15 is 0 Å². The topological polar surface area (TPSA) is 74.8 Å². The zero-order valence-corrected chi connectivity index (χ0v) is 20.3. The Morgan fingerprint density at radius 1 is 1.00 bits per heavy atom. The second kappa shape index (κ2) is 10.3. The van der Waals surface area contributed by atoms with Gasteiger partial charge in [-0.15, -0.1) is 0 Å². The lowest BCUT2D eigenvalue weighted by atomic mass is 10.0. The largest absolute Gasteiger partial charge is 0.360 e. The molecule has 0 spiro atoms. The maximum atomic E-state index is 14.6. The number of H-pyrrole nitrogens is 1. The summed E-state index contributed by atoms with van der Waals surface area (Å²) in [5.74, 6) is -0.599. The van der Waals surface area contributed by atoms with Gasteiger partial charge in [0, 0.05) is 78.9 Å². The second-order valence-corrected chi connectivity index (χ2v) is 9.15. The van der Waals surface area contributed by atoms with Gasteiger partial charge in [-0.2, -0.15) is 0 Å². The molecule has 0 saturated heterocycles. The molecule has 5 aromatic rings. The summed E-state index contributed by atoms with van der Waals surface area (Å²) in [6.45, 7) is 0.119. The van der Waals surface area contributed by atoms with Crippen molar-refractivity contribution in [2.75, 3.05) is 7.05 Å². The van der Waals surface area contributed by atoms with Crippen LogP contribution in [0.2, 0.25) is 5.02 Å². The highest BCUT2D eigenvalue weighted by atomic mass is 35.5. The molecule has 5 rings (SSSR count). The summed E-state index contributed by atoms with van der Waals surface area (Å²) in [6.07, 6.45) is 9.75. The lowest BCUT2D eigenvalue weighted by Gasteiger charge is -2.18. The lowest BCUT2D eigenvalue weighted by molar-refractivity contribution is 0.0783. The molecule has 0 radical (unpaired) electrons. The van der Waals surface area contributed by atoms with Gasteiger partial charge >= 0.3 is 0 Å². The van der Waals surface area contributed by atoms with Gasteiger partial charge in [0.25, 0.3) is 5.91 Å². The molecule has 3 aromatic heterocycles. The number of nitrogens with zero attached hydrogens (tertiary/aromatic N) is 4. The first-order valence-corrected chi connectivity index (χ1v) is 11.8. The smallest absolute Gasteiger partial charge is 0.254 e. The van der Waals surface area contributed by atoms with E-state index in [1.165, 1.54) is 22.9 Å². The predicted molar refractivity (Wildman–Crippen MR) is 137 cm³/mol. The fourth-order valence-corrected chi connectivity index (χ4v) is 4.38. The third-order valence-corrected chi connectivity index (χ3v) is 6.36. The van der Waals surface area contributed by atoms with E-state index in [1.807, 2.05) is 12.4 Å². The molecule has 0 aliphatic heterocycles. The summed E-state index contributed by atoms with van der Waals surface area (Å²) in [6, 6.07) is 14.8. The van der Waals surface area contributed by atoms with Crippen LogP contribution in [0.15, 0.2) is 79.6 Å². The monoisotopic (exact) mass is 499 g/mol. The molecule has 3 heterocycles. The highest BCUT2D eigenvalue weighted by Crippen LogP contribution is 2.26. The van der Waals surface area contributed by atoms with Gasteiger partial charge in [-0.05, 0) is 41.0 Å². The van der Waals surface area contributed by atoms with Crippen LogP contribution >= 0.6 is 11.6 Å². The van der Waals surface area contributed by atoms with E-state index in [1.54, 1.807) is 37.6 Å². The van der Waals surface area contributed by atoms with Crippen molar-refractivity contribution in [3.05, 3.63) is 124 Å². The number of pyridine rings is 1. The van der Waals surface area contributed by atoms with Crippen LogP contribution in [0.4, 0.5) is 4.39 Å². The highest BCUT2D eigenvalue weighted by Gasteiger charge is 2.16. The third-order valence-electron chi connectivity index (χ3n) is 6.05. The third kappa shape index (κ3) is 5.26. The van der Waals surface area contributed by atoms with Crippen molar-refractivity contribution < 1.29 is 9.18 Å². The summed E-state index contributed by atoms with van der Waals surface area (Å²) < 4.78 is 14.6. The van der Waals surface area contributed by atoms with Gasteiger partial charge in [0.2, 0.25) is 0 Å². The molecule has 1 amide bonds. The van der Waals surface area contributed by atoms with Gasteiger partial charge in [0.15, 0.2) is 0 Å². The normalized spacial score (nSPS) is 11.1. The predicted octanol–water partition coefficient (Wildman–Crippen LogP) is 5.60. The van der Waals surface area contributed by atoms with Crippen LogP contribution < -0.4 is 0 Å². The van der Waals surface area contributed by atoms with Gasteiger partial charge in [-0.25, -0.2) is 14.4 Å². The number of hydrogen-bond donors (Lipinski definition) is 1. The van der Waals surface area contributed by atoms with Crippen LogP contribution in [-0.4, -0.2) is 37.8 Å². The van der Waals surface area contributed by atoms with Crippen LogP contribution in [0.3, 0.4) is 0 Å². The average Bonchev–Trinajstić information content (AvgIpc) is 3.25. The van der Waals surface area contributed by atoms with Crippen molar-refractivity contribution in [2.24, 2.45) is 0 Å². The zero-order chi connectivity index (χ0) is 25.1. The van der Waals surface area contributed by atoms with E-state index in [0.717, 1.165) is 28.6 Å². The maximum Gasteiger partial charge on any atom is 0.254 e. The van der Waals surface area contributed by atoms with Crippen molar-refractivity contribution in [1.82, 2.24) is 24.8 Å². The zero-order valence-electron chi connectivity index (χ0n) is 19.6. The van der Waals surface area contributed by atoms with E-state index < -0.39 is 0 Å². The summed E-state index contributed by atoms with van der Waals surface area (Å²) >= 11 is 6.17. The van der Waals surface area contributed by atoms with E-state index in [4.69, 9.17) is 11.6 Å². The van der Waals surface area contributed by atoms with Gasteiger partial charge in [0.05, 0.1) is 5.02 Å². The van der Waals surface area contributed by atoms with Crippen LogP contribution in [0.5, 0.6) is 0 Å². The van der Waals surface area contributed by atoms with Crippen LogP contribution in [0, 0.1) is 5.82 Å². The first-order valence-electron chi connectivity index (χ1n) is 11.4. The van der Waals surface area contributed by atoms with Gasteiger partial charge in [-0.3, -0.25) is 9.78 Å². The molecule has 180 valence electrons. The number of nitrogens with one attached hydrogen (secondary N) is 1. The Hall–Kier alpha value is -4.10. The Bertz CT molecular complexity index is 1520. The molecule has 36 heavy (non-hydrogen) atoms. The van der Waals surface area contributed by atoms with E-state index in [2.05, 4.69) is 44.2 Å². The average molecular weight is 500 g/mol. The Morgan fingerprint density at radius 3 is 2.47 bits per heavy atom. The van der Waals surface area contributed by atoms with Crippen LogP contribution in [0.25, 0.3) is 10.9 Å². The van der Waals surface area contributed by atoms with E-state index in [-0.39, 0.29) is 18.3 Å². The molecule has 0 aliphatic carbocycles. The number of carbonyl (C=O) groups is 1. The number of fused-ring (bicyclic) bond motifs is 1. The minimum atomic E-state index is -0.390. The fraction of sp³-hybridized carbons (Fsp3) is 0.143. The number of halogens is 2. The Morgan fingerprint density at radius 2 is 1.72 bits per heavy atom. The lowest BCUT2D eigenvalue weighted by Crippen LogP contribution is -2.26. The molecule has 0 saturated carbocycles. The van der Waals surface area contributed by atoms with Gasteiger partial charge in [-0.1, -0.05) is 35.9 Å². The summed E-state index contributed by atoms with van der Waals surface area (Å²) in [5.41, 5.74) is 5.62. The molecule has 0 bridgehead atoms. The molecular weight excluding hydrogens is 477 g/mol.